The summed E-state index contributed by atoms with van der Waals surface area (Å²) in [7, 11) is 0. The predicted octanol–water partition coefficient (Wildman–Crippen LogP) is 2.04. The summed E-state index contributed by atoms with van der Waals surface area (Å²) in [6.45, 7) is -1.32. The van der Waals surface area contributed by atoms with Crippen LogP contribution in [-0.4, -0.2) is 30.3 Å². The summed E-state index contributed by atoms with van der Waals surface area (Å²) in [6, 6.07) is 5.05. The molecule has 0 heterocycles. The topological polar surface area (TPSA) is 76.4 Å². The average Bonchev–Trinajstić information content (AvgIpc) is 2.35. The van der Waals surface area contributed by atoms with Gasteiger partial charge in [-0.05, 0) is 24.3 Å². The minimum absolute atomic E-state index is 0.0776. The number of carbonyl (C=O) groups excluding carboxylic acids is 1. The standard InChI is InChI=1S/C11H12F3N3O2S/c12-11(13,14)6-16-10(18)17-7-1-3-8(4-2-7)19-5-9(15)20/h1-4H,5-6H2,(H2,15,20)(H2,16,17,18). The lowest BCUT2D eigenvalue weighted by Gasteiger charge is -2.10. The lowest BCUT2D eigenvalue weighted by molar-refractivity contribution is -0.122. The number of amides is 2. The zero-order valence-electron chi connectivity index (χ0n) is 10.2. The highest BCUT2D eigenvalue weighted by Gasteiger charge is 2.27. The average molecular weight is 307 g/mol. The number of alkyl halides is 3. The predicted molar refractivity (Wildman–Crippen MR) is 71.8 cm³/mol. The summed E-state index contributed by atoms with van der Waals surface area (Å²) in [6.07, 6.45) is -4.45. The van der Waals surface area contributed by atoms with Crippen molar-refractivity contribution >= 4 is 28.9 Å². The van der Waals surface area contributed by atoms with Gasteiger partial charge in [-0.25, -0.2) is 4.79 Å². The fraction of sp³-hybridized carbons (Fsp3) is 0.273. The van der Waals surface area contributed by atoms with Gasteiger partial charge in [0.25, 0.3) is 0 Å². The van der Waals surface area contributed by atoms with E-state index in [2.05, 4.69) is 17.5 Å². The molecule has 9 heteroatoms. The van der Waals surface area contributed by atoms with Gasteiger partial charge in [0.05, 0.1) is 0 Å². The van der Waals surface area contributed by atoms with Crippen LogP contribution in [0.3, 0.4) is 0 Å². The Morgan fingerprint density at radius 1 is 1.30 bits per heavy atom. The summed E-state index contributed by atoms with van der Waals surface area (Å²) in [5, 5.41) is 3.94. The van der Waals surface area contributed by atoms with Crippen LogP contribution in [0, 0.1) is 0 Å². The quantitative estimate of drug-likeness (QED) is 0.728. The van der Waals surface area contributed by atoms with E-state index in [1.807, 2.05) is 0 Å². The van der Waals surface area contributed by atoms with Crippen LogP contribution >= 0.6 is 12.2 Å². The molecule has 0 bridgehead atoms. The Bertz CT molecular complexity index is 477. The van der Waals surface area contributed by atoms with Crippen LogP contribution in [0.15, 0.2) is 24.3 Å². The van der Waals surface area contributed by atoms with Crippen molar-refractivity contribution in [3.63, 3.8) is 0 Å². The van der Waals surface area contributed by atoms with E-state index in [-0.39, 0.29) is 11.6 Å². The molecule has 110 valence electrons. The lowest BCUT2D eigenvalue weighted by Crippen LogP contribution is -2.36. The molecule has 1 aromatic carbocycles. The summed E-state index contributed by atoms with van der Waals surface area (Å²) >= 11 is 4.63. The SMILES string of the molecule is NC(=S)COc1ccc(NC(=O)NCC(F)(F)F)cc1. The summed E-state index contributed by atoms with van der Waals surface area (Å²) in [5.74, 6) is 0.471. The van der Waals surface area contributed by atoms with Crippen LogP contribution in [0.4, 0.5) is 23.7 Å². The second kappa shape index (κ2) is 6.94. The van der Waals surface area contributed by atoms with Gasteiger partial charge in [0.1, 0.15) is 23.9 Å². The molecule has 0 aliphatic rings. The van der Waals surface area contributed by atoms with Gasteiger partial charge in [-0.15, -0.1) is 0 Å². The van der Waals surface area contributed by atoms with Gasteiger partial charge in [-0.2, -0.15) is 13.2 Å². The number of hydrogen-bond donors (Lipinski definition) is 3. The molecule has 0 saturated heterocycles. The Morgan fingerprint density at radius 2 is 1.90 bits per heavy atom. The van der Waals surface area contributed by atoms with Crippen molar-refractivity contribution < 1.29 is 22.7 Å². The molecule has 5 nitrogen and oxygen atoms in total. The number of hydrogen-bond acceptors (Lipinski definition) is 3. The number of urea groups is 1. The van der Waals surface area contributed by atoms with Crippen molar-refractivity contribution in [2.45, 2.75) is 6.18 Å². The maximum Gasteiger partial charge on any atom is 0.405 e. The monoisotopic (exact) mass is 307 g/mol. The maximum absolute atomic E-state index is 11.9. The number of nitrogens with one attached hydrogen (secondary N) is 2. The van der Waals surface area contributed by atoms with E-state index in [1.54, 1.807) is 5.32 Å². The van der Waals surface area contributed by atoms with Crippen LogP contribution in [0.5, 0.6) is 5.75 Å². The fourth-order valence-electron chi connectivity index (χ4n) is 1.14. The molecule has 4 N–H and O–H groups in total. The van der Waals surface area contributed by atoms with E-state index < -0.39 is 18.8 Å². The molecule has 0 unspecified atom stereocenters. The van der Waals surface area contributed by atoms with Crippen LogP contribution in [0.1, 0.15) is 0 Å². The van der Waals surface area contributed by atoms with Crippen molar-refractivity contribution in [2.75, 3.05) is 18.5 Å². The highest BCUT2D eigenvalue weighted by molar-refractivity contribution is 7.80. The van der Waals surface area contributed by atoms with E-state index in [9.17, 15) is 18.0 Å². The third-order valence-corrected chi connectivity index (χ3v) is 2.06. The molecule has 0 aliphatic carbocycles. The van der Waals surface area contributed by atoms with Gasteiger partial charge in [0, 0.05) is 5.69 Å². The van der Waals surface area contributed by atoms with Crippen molar-refractivity contribution in [1.29, 1.82) is 0 Å². The van der Waals surface area contributed by atoms with E-state index in [0.717, 1.165) is 0 Å². The number of thiocarbonyl (C=S) groups is 1. The first-order chi connectivity index (χ1) is 9.26. The number of rotatable bonds is 5. The summed E-state index contributed by atoms with van der Waals surface area (Å²) in [4.78, 5) is 11.4. The fourth-order valence-corrected chi connectivity index (χ4v) is 1.20. The number of halogens is 3. The second-order valence-corrected chi connectivity index (χ2v) is 4.23. The number of anilines is 1. The van der Waals surface area contributed by atoms with Crippen molar-refractivity contribution in [3.05, 3.63) is 24.3 Å². The largest absolute Gasteiger partial charge is 0.487 e. The molecule has 0 saturated carbocycles. The Hall–Kier alpha value is -2.03. The van der Waals surface area contributed by atoms with E-state index in [0.29, 0.717) is 11.4 Å². The van der Waals surface area contributed by atoms with Gasteiger partial charge in [0.15, 0.2) is 0 Å². The molecule has 0 spiro atoms. The maximum atomic E-state index is 11.9. The first-order valence-electron chi connectivity index (χ1n) is 5.39. The molecule has 0 atom stereocenters. The lowest BCUT2D eigenvalue weighted by atomic mass is 10.3. The number of carbonyl (C=O) groups is 1. The molecule has 1 rings (SSSR count). The smallest absolute Gasteiger partial charge is 0.405 e. The summed E-state index contributed by atoms with van der Waals surface area (Å²) in [5.41, 5.74) is 5.58. The van der Waals surface area contributed by atoms with Crippen LogP contribution < -0.4 is 21.1 Å². The molecule has 20 heavy (non-hydrogen) atoms. The minimum Gasteiger partial charge on any atom is -0.487 e. The van der Waals surface area contributed by atoms with Gasteiger partial charge in [-0.3, -0.25) is 0 Å². The van der Waals surface area contributed by atoms with Gasteiger partial charge in [0.2, 0.25) is 0 Å². The van der Waals surface area contributed by atoms with Gasteiger partial charge >= 0.3 is 12.2 Å². The van der Waals surface area contributed by atoms with Crippen LogP contribution in [-0.2, 0) is 0 Å². The Kier molecular flexibility index (Phi) is 5.56. The van der Waals surface area contributed by atoms with Crippen molar-refractivity contribution in [2.24, 2.45) is 5.73 Å². The first-order valence-corrected chi connectivity index (χ1v) is 5.80. The Morgan fingerprint density at radius 3 is 2.40 bits per heavy atom. The molecule has 0 fully saturated rings. The molecular weight excluding hydrogens is 295 g/mol. The third-order valence-electron chi connectivity index (χ3n) is 1.94. The van der Waals surface area contributed by atoms with Crippen LogP contribution in [0.25, 0.3) is 0 Å². The Labute approximate surface area is 118 Å². The number of benzene rings is 1. The first kappa shape index (κ1) is 16.0. The molecule has 2 amide bonds. The van der Waals surface area contributed by atoms with E-state index in [4.69, 9.17) is 10.5 Å². The van der Waals surface area contributed by atoms with Gasteiger partial charge in [-0.1, -0.05) is 12.2 Å². The Balaban J connectivity index is 2.44. The molecule has 0 aromatic heterocycles. The third kappa shape index (κ3) is 6.78. The zero-order chi connectivity index (χ0) is 15.2. The molecule has 0 aliphatic heterocycles. The zero-order valence-corrected chi connectivity index (χ0v) is 11.0. The van der Waals surface area contributed by atoms with Crippen molar-refractivity contribution in [1.82, 2.24) is 5.32 Å². The highest BCUT2D eigenvalue weighted by Crippen LogP contribution is 2.16. The number of ether oxygens (including phenoxy) is 1. The van der Waals surface area contributed by atoms with E-state index >= 15 is 0 Å². The molecular formula is C11H12F3N3O2S. The van der Waals surface area contributed by atoms with Crippen molar-refractivity contribution in [3.8, 4) is 5.75 Å². The molecule has 0 radical (unpaired) electrons. The second-order valence-electron chi connectivity index (χ2n) is 3.70. The normalized spacial score (nSPS) is 10.8. The number of nitrogens with two attached hydrogens (primary N) is 1. The minimum atomic E-state index is -4.45. The van der Waals surface area contributed by atoms with Crippen LogP contribution in [0.2, 0.25) is 0 Å². The van der Waals surface area contributed by atoms with Gasteiger partial charge < -0.3 is 21.1 Å². The highest BCUT2D eigenvalue weighted by atomic mass is 32.1. The summed E-state index contributed by atoms with van der Waals surface area (Å²) < 4.78 is 40.8. The van der Waals surface area contributed by atoms with E-state index in [1.165, 1.54) is 24.3 Å². The molecule has 1 aromatic rings.